The van der Waals surface area contributed by atoms with Gasteiger partial charge in [-0.05, 0) is 79.1 Å². The molecule has 4 rings (SSSR count). The van der Waals surface area contributed by atoms with Crippen molar-refractivity contribution in [1.29, 1.82) is 0 Å². The second-order valence-corrected chi connectivity index (χ2v) is 10.1. The Hall–Kier alpha value is -3.84. The Bertz CT molecular complexity index is 1460. The molecule has 6 nitrogen and oxygen atoms in total. The van der Waals surface area contributed by atoms with E-state index in [2.05, 4.69) is 10.0 Å². The molecule has 0 bridgehead atoms. The quantitative estimate of drug-likeness (QED) is 0.316. The van der Waals surface area contributed by atoms with Gasteiger partial charge in [-0.1, -0.05) is 55.0 Å². The lowest BCUT2D eigenvalue weighted by molar-refractivity contribution is -0.122. The van der Waals surface area contributed by atoms with E-state index in [0.29, 0.717) is 23.5 Å². The van der Waals surface area contributed by atoms with Gasteiger partial charge in [0.25, 0.3) is 15.9 Å². The van der Waals surface area contributed by atoms with Crippen molar-refractivity contribution >= 4 is 38.1 Å². The smallest absolute Gasteiger partial charge is 0.265 e. The van der Waals surface area contributed by atoms with Crippen molar-refractivity contribution in [3.8, 4) is 5.75 Å². The lowest BCUT2D eigenvalue weighted by Crippen LogP contribution is -2.32. The van der Waals surface area contributed by atoms with Gasteiger partial charge < -0.3 is 10.1 Å². The molecule has 7 heteroatoms. The summed E-state index contributed by atoms with van der Waals surface area (Å²) in [4.78, 5) is 12.9. The zero-order valence-electron chi connectivity index (χ0n) is 19.9. The number of anilines is 2. The van der Waals surface area contributed by atoms with Gasteiger partial charge in [0.05, 0.1) is 10.6 Å². The average Bonchev–Trinajstić information content (AvgIpc) is 2.84. The predicted octanol–water partition coefficient (Wildman–Crippen LogP) is 6.05. The molecule has 0 saturated heterocycles. The number of fused-ring (bicyclic) bond motifs is 1. The van der Waals surface area contributed by atoms with Gasteiger partial charge in [0.2, 0.25) is 0 Å². The minimum absolute atomic E-state index is 0.106. The highest BCUT2D eigenvalue weighted by Crippen LogP contribution is 2.24. The van der Waals surface area contributed by atoms with E-state index in [-0.39, 0.29) is 10.8 Å². The molecule has 35 heavy (non-hydrogen) atoms. The Morgan fingerprint density at radius 3 is 2.29 bits per heavy atom. The molecule has 4 aromatic rings. The zero-order valence-corrected chi connectivity index (χ0v) is 20.7. The van der Waals surface area contributed by atoms with Crippen molar-refractivity contribution in [2.75, 3.05) is 10.0 Å². The molecular formula is C28H28N2O4S. The molecule has 0 aliphatic carbocycles. The number of nitrogens with one attached hydrogen (secondary N) is 2. The number of rotatable bonds is 8. The highest BCUT2D eigenvalue weighted by molar-refractivity contribution is 7.92. The Balaban J connectivity index is 1.43. The number of benzene rings is 4. The third-order valence-electron chi connectivity index (χ3n) is 5.72. The van der Waals surface area contributed by atoms with E-state index in [9.17, 15) is 13.2 Å². The second kappa shape index (κ2) is 10.2. The van der Waals surface area contributed by atoms with Crippen LogP contribution in [0.2, 0.25) is 0 Å². The fourth-order valence-corrected chi connectivity index (χ4v) is 4.93. The predicted molar refractivity (Wildman–Crippen MR) is 140 cm³/mol. The van der Waals surface area contributed by atoms with Crippen LogP contribution in [0, 0.1) is 13.8 Å². The van der Waals surface area contributed by atoms with Crippen LogP contribution in [-0.2, 0) is 14.8 Å². The van der Waals surface area contributed by atoms with E-state index in [4.69, 9.17) is 4.74 Å². The van der Waals surface area contributed by atoms with Crippen LogP contribution in [0.25, 0.3) is 10.8 Å². The highest BCUT2D eigenvalue weighted by Gasteiger charge is 2.20. The normalized spacial score (nSPS) is 12.2. The molecule has 2 N–H and O–H groups in total. The van der Waals surface area contributed by atoms with E-state index < -0.39 is 16.1 Å². The number of hydrogen-bond acceptors (Lipinski definition) is 4. The first-order chi connectivity index (χ1) is 16.7. The number of sulfonamides is 1. The fraction of sp³-hybridized carbons (Fsp3) is 0.179. The van der Waals surface area contributed by atoms with Crippen molar-refractivity contribution in [3.05, 3.63) is 96.1 Å². The van der Waals surface area contributed by atoms with Crippen molar-refractivity contribution in [3.63, 3.8) is 0 Å². The Morgan fingerprint density at radius 2 is 1.60 bits per heavy atom. The van der Waals surface area contributed by atoms with Crippen LogP contribution in [0.1, 0.15) is 24.5 Å². The average molecular weight is 489 g/mol. The van der Waals surface area contributed by atoms with E-state index in [1.807, 2.05) is 75.4 Å². The topological polar surface area (TPSA) is 84.5 Å². The van der Waals surface area contributed by atoms with Gasteiger partial charge in [-0.2, -0.15) is 0 Å². The Kier molecular flexibility index (Phi) is 7.07. The van der Waals surface area contributed by atoms with Gasteiger partial charge in [0.15, 0.2) is 6.10 Å². The lowest BCUT2D eigenvalue weighted by Gasteiger charge is -2.18. The summed E-state index contributed by atoms with van der Waals surface area (Å²) in [5.41, 5.74) is 2.92. The Morgan fingerprint density at radius 1 is 0.886 bits per heavy atom. The van der Waals surface area contributed by atoms with Gasteiger partial charge in [0, 0.05) is 5.69 Å². The van der Waals surface area contributed by atoms with E-state index in [1.165, 1.54) is 12.1 Å². The minimum Gasteiger partial charge on any atom is -0.481 e. The molecule has 0 saturated carbocycles. The molecule has 0 aliphatic rings. The second-order valence-electron chi connectivity index (χ2n) is 8.46. The molecule has 4 aromatic carbocycles. The SMILES string of the molecule is CCC(Oc1ccc2ccccc2c1)C(=O)Nc1ccc(S(=O)(=O)Nc2ccc(C)cc2C)cc1. The van der Waals surface area contributed by atoms with Gasteiger partial charge in [-0.15, -0.1) is 0 Å². The third kappa shape index (κ3) is 5.81. The summed E-state index contributed by atoms with van der Waals surface area (Å²) in [7, 11) is -3.76. The van der Waals surface area contributed by atoms with Gasteiger partial charge in [0.1, 0.15) is 5.75 Å². The molecule has 0 heterocycles. The first kappa shape index (κ1) is 24.3. The summed E-state index contributed by atoms with van der Waals surface area (Å²) in [5.74, 6) is 0.314. The summed E-state index contributed by atoms with van der Waals surface area (Å²) >= 11 is 0. The molecule has 0 fully saturated rings. The summed E-state index contributed by atoms with van der Waals surface area (Å²) in [6.07, 6.45) is -0.212. The van der Waals surface area contributed by atoms with Crippen molar-refractivity contribution in [2.45, 2.75) is 38.2 Å². The Labute approximate surface area is 206 Å². The molecule has 0 aliphatic heterocycles. The summed E-state index contributed by atoms with van der Waals surface area (Å²) in [6.45, 7) is 5.68. The number of hydrogen-bond donors (Lipinski definition) is 2. The monoisotopic (exact) mass is 488 g/mol. The van der Waals surface area contributed by atoms with Crippen molar-refractivity contribution in [1.82, 2.24) is 0 Å². The van der Waals surface area contributed by atoms with Crippen LogP contribution < -0.4 is 14.8 Å². The maximum Gasteiger partial charge on any atom is 0.265 e. The summed E-state index contributed by atoms with van der Waals surface area (Å²) in [6, 6.07) is 25.2. The van der Waals surface area contributed by atoms with Crippen LogP contribution >= 0.6 is 0 Å². The van der Waals surface area contributed by atoms with Crippen LogP contribution in [0.5, 0.6) is 5.75 Å². The standard InChI is InChI=1S/C28H28N2O4S/c1-4-27(34-24-13-10-21-7-5-6-8-22(21)18-24)28(31)29-23-11-14-25(15-12-23)35(32,33)30-26-16-9-19(2)17-20(26)3/h5-18,27,30H,4H2,1-3H3,(H,29,31). The number of ether oxygens (including phenoxy) is 1. The molecule has 0 aromatic heterocycles. The van der Waals surface area contributed by atoms with Gasteiger partial charge in [-0.25, -0.2) is 8.42 Å². The number of carbonyl (C=O) groups excluding carboxylic acids is 1. The number of amides is 1. The van der Waals surface area contributed by atoms with Gasteiger partial charge >= 0.3 is 0 Å². The first-order valence-corrected chi connectivity index (χ1v) is 12.9. The van der Waals surface area contributed by atoms with Crippen LogP contribution in [-0.4, -0.2) is 20.4 Å². The molecule has 1 unspecified atom stereocenters. The summed E-state index contributed by atoms with van der Waals surface area (Å²) in [5, 5.41) is 4.95. The lowest BCUT2D eigenvalue weighted by atomic mass is 10.1. The number of carbonyl (C=O) groups is 1. The molecule has 0 spiro atoms. The van der Waals surface area contributed by atoms with Crippen molar-refractivity contribution < 1.29 is 17.9 Å². The first-order valence-electron chi connectivity index (χ1n) is 11.4. The molecule has 1 amide bonds. The van der Waals surface area contributed by atoms with Crippen LogP contribution in [0.4, 0.5) is 11.4 Å². The largest absolute Gasteiger partial charge is 0.481 e. The molecular weight excluding hydrogens is 460 g/mol. The third-order valence-corrected chi connectivity index (χ3v) is 7.10. The fourth-order valence-electron chi connectivity index (χ4n) is 3.80. The van der Waals surface area contributed by atoms with E-state index in [1.54, 1.807) is 18.2 Å². The zero-order chi connectivity index (χ0) is 25.0. The van der Waals surface area contributed by atoms with Crippen molar-refractivity contribution in [2.24, 2.45) is 0 Å². The maximum absolute atomic E-state index is 12.8. The number of aryl methyl sites for hydroxylation is 2. The summed E-state index contributed by atoms with van der Waals surface area (Å²) < 4.78 is 34.2. The maximum atomic E-state index is 12.8. The van der Waals surface area contributed by atoms with Gasteiger partial charge in [-0.3, -0.25) is 9.52 Å². The molecule has 180 valence electrons. The molecule has 1 atom stereocenters. The van der Waals surface area contributed by atoms with E-state index in [0.717, 1.165) is 21.9 Å². The van der Waals surface area contributed by atoms with E-state index >= 15 is 0 Å². The van der Waals surface area contributed by atoms with Crippen LogP contribution in [0.3, 0.4) is 0 Å². The van der Waals surface area contributed by atoms with Crippen LogP contribution in [0.15, 0.2) is 89.8 Å². The highest BCUT2D eigenvalue weighted by atomic mass is 32.2. The molecule has 0 radical (unpaired) electrons. The minimum atomic E-state index is -3.76.